The molecule has 0 bridgehead atoms. The van der Waals surface area contributed by atoms with Crippen molar-refractivity contribution in [2.24, 2.45) is 11.5 Å². The molecule has 0 radical (unpaired) electrons. The monoisotopic (exact) mass is 669 g/mol. The van der Waals surface area contributed by atoms with Crippen molar-refractivity contribution in [1.29, 1.82) is 0 Å². The van der Waals surface area contributed by atoms with Gasteiger partial charge in [-0.1, -0.05) is 12.2 Å². The third-order valence-electron chi connectivity index (χ3n) is 8.20. The number of hydrogen-bond donors (Lipinski definition) is 5. The van der Waals surface area contributed by atoms with E-state index in [1.54, 1.807) is 45.6 Å². The summed E-state index contributed by atoms with van der Waals surface area (Å²) in [5.41, 5.74) is 21.4. The Labute approximate surface area is 281 Å². The van der Waals surface area contributed by atoms with Crippen molar-refractivity contribution in [2.45, 2.75) is 46.0 Å². The summed E-state index contributed by atoms with van der Waals surface area (Å²) < 4.78 is 17.1. The minimum absolute atomic E-state index is 0.230. The standard InChI is InChI=1S/C33H39N11O5/c1-3-44-26(13-19(2)41-44)31(47)40-33-39-23-14-20(29(34)45)7-8-25(23)42(33)9-4-5-10-43-28-24(38-32(43)36)15-21(30(35)46)16-27(28)49-12-6-11-48-22-17-37-18-22/h4-5,7-8,13-16,22,37H,3,6,9-12,17-18H2,1-2H3,(H2,34,45)(H2,35,46)(H2,36,38)(H,39,40,47)/b5-4+. The first kappa shape index (κ1) is 33.2. The van der Waals surface area contributed by atoms with Crippen LogP contribution in [0.5, 0.6) is 5.75 Å². The first-order valence-electron chi connectivity index (χ1n) is 16.0. The molecule has 16 nitrogen and oxygen atoms in total. The minimum atomic E-state index is -0.603. The van der Waals surface area contributed by atoms with E-state index in [4.69, 9.17) is 26.7 Å². The number of allylic oxidation sites excluding steroid dienone is 2. The lowest BCUT2D eigenvalue weighted by Crippen LogP contribution is -2.48. The highest BCUT2D eigenvalue weighted by Crippen LogP contribution is 2.30. The molecule has 49 heavy (non-hydrogen) atoms. The Morgan fingerprint density at radius 3 is 2.41 bits per heavy atom. The van der Waals surface area contributed by atoms with Gasteiger partial charge in [-0.3, -0.25) is 24.4 Å². The van der Waals surface area contributed by atoms with Gasteiger partial charge in [0.05, 0.1) is 41.6 Å². The van der Waals surface area contributed by atoms with Crippen LogP contribution in [0.15, 0.2) is 48.6 Å². The predicted octanol–water partition coefficient (Wildman–Crippen LogP) is 1.96. The van der Waals surface area contributed by atoms with Gasteiger partial charge in [0, 0.05) is 50.3 Å². The number of rotatable bonds is 15. The second-order valence-corrected chi connectivity index (χ2v) is 11.7. The zero-order chi connectivity index (χ0) is 34.7. The molecule has 6 rings (SSSR count). The molecule has 1 aliphatic rings. The van der Waals surface area contributed by atoms with Gasteiger partial charge in [0.1, 0.15) is 17.0 Å². The lowest BCUT2D eigenvalue weighted by atomic mass is 10.1. The molecule has 0 spiro atoms. The Morgan fingerprint density at radius 1 is 0.980 bits per heavy atom. The maximum atomic E-state index is 13.3. The normalized spacial score (nSPS) is 13.3. The number of anilines is 2. The van der Waals surface area contributed by atoms with Crippen LogP contribution in [0, 0.1) is 6.92 Å². The number of fused-ring (bicyclic) bond motifs is 2. The van der Waals surface area contributed by atoms with E-state index >= 15 is 0 Å². The quantitative estimate of drug-likeness (QED) is 0.0804. The zero-order valence-corrected chi connectivity index (χ0v) is 27.3. The molecule has 1 saturated heterocycles. The maximum absolute atomic E-state index is 13.3. The average molecular weight is 670 g/mol. The highest BCUT2D eigenvalue weighted by molar-refractivity contribution is 6.03. The summed E-state index contributed by atoms with van der Waals surface area (Å²) >= 11 is 0. The molecule has 1 aliphatic heterocycles. The minimum Gasteiger partial charge on any atom is -0.491 e. The number of carbonyl (C=O) groups excluding carboxylic acids is 3. The second kappa shape index (κ2) is 14.2. The summed E-state index contributed by atoms with van der Waals surface area (Å²) in [6.07, 6.45) is 4.68. The van der Waals surface area contributed by atoms with Crippen molar-refractivity contribution in [3.05, 3.63) is 71.1 Å². The van der Waals surface area contributed by atoms with Crippen molar-refractivity contribution in [2.75, 3.05) is 37.4 Å². The number of benzene rings is 2. The lowest BCUT2D eigenvalue weighted by molar-refractivity contribution is 0.0136. The topological polar surface area (TPSA) is 225 Å². The molecular weight excluding hydrogens is 630 g/mol. The van der Waals surface area contributed by atoms with Gasteiger partial charge in [0.25, 0.3) is 5.91 Å². The largest absolute Gasteiger partial charge is 0.491 e. The third kappa shape index (κ3) is 7.09. The summed E-state index contributed by atoms with van der Waals surface area (Å²) in [7, 11) is 0. The van der Waals surface area contributed by atoms with E-state index in [0.717, 1.165) is 18.8 Å². The molecule has 4 heterocycles. The summed E-state index contributed by atoms with van der Waals surface area (Å²) in [4.78, 5) is 46.3. The molecule has 5 aromatic rings. The number of ether oxygens (including phenoxy) is 2. The second-order valence-electron chi connectivity index (χ2n) is 11.7. The van der Waals surface area contributed by atoms with Gasteiger partial charge >= 0.3 is 0 Å². The third-order valence-corrected chi connectivity index (χ3v) is 8.20. The number of nitrogens with zero attached hydrogens (tertiary/aromatic N) is 6. The summed E-state index contributed by atoms with van der Waals surface area (Å²) in [5.74, 6) is -0.604. The van der Waals surface area contributed by atoms with E-state index in [1.807, 2.05) is 30.6 Å². The number of nitrogens with two attached hydrogens (primary N) is 3. The number of amides is 3. The molecule has 3 aromatic heterocycles. The summed E-state index contributed by atoms with van der Waals surface area (Å²) in [6, 6.07) is 9.84. The summed E-state index contributed by atoms with van der Waals surface area (Å²) in [6.45, 7) is 7.48. The van der Waals surface area contributed by atoms with Crippen LogP contribution in [0.3, 0.4) is 0 Å². The van der Waals surface area contributed by atoms with Gasteiger partial charge in [-0.2, -0.15) is 5.10 Å². The Morgan fingerprint density at radius 2 is 1.71 bits per heavy atom. The molecule has 8 N–H and O–H groups in total. The molecule has 0 unspecified atom stereocenters. The first-order valence-corrected chi connectivity index (χ1v) is 16.0. The number of primary amides is 2. The number of hydrogen-bond acceptors (Lipinski definition) is 10. The summed E-state index contributed by atoms with van der Waals surface area (Å²) in [5, 5.41) is 10.4. The number of nitrogen functional groups attached to an aromatic ring is 1. The van der Waals surface area contributed by atoms with E-state index in [-0.39, 0.29) is 29.5 Å². The molecule has 1 fully saturated rings. The highest BCUT2D eigenvalue weighted by atomic mass is 16.5. The zero-order valence-electron chi connectivity index (χ0n) is 27.3. The number of carbonyl (C=O) groups is 3. The fourth-order valence-corrected chi connectivity index (χ4v) is 5.61. The van der Waals surface area contributed by atoms with Crippen LogP contribution in [0.1, 0.15) is 50.2 Å². The number of aromatic nitrogens is 6. The number of aryl methyl sites for hydroxylation is 2. The molecule has 256 valence electrons. The molecule has 0 aliphatic carbocycles. The van der Waals surface area contributed by atoms with E-state index in [1.165, 1.54) is 0 Å². The van der Waals surface area contributed by atoms with Crippen LogP contribution in [-0.4, -0.2) is 79.0 Å². The van der Waals surface area contributed by atoms with E-state index in [0.29, 0.717) is 78.3 Å². The van der Waals surface area contributed by atoms with Crippen LogP contribution in [0.25, 0.3) is 22.1 Å². The van der Waals surface area contributed by atoms with Gasteiger partial charge < -0.3 is 41.1 Å². The fourth-order valence-electron chi connectivity index (χ4n) is 5.61. The SMILES string of the molecule is CCn1nc(C)cc1C(=O)Nc1nc2cc(C(N)=O)ccc2n1C/C=C/Cn1c(N)nc2cc(C(N)=O)cc(OCCCOC3CNC3)c21. The number of imidazole rings is 2. The molecule has 3 amide bonds. The molecule has 16 heteroatoms. The van der Waals surface area contributed by atoms with Gasteiger partial charge in [0.2, 0.25) is 23.7 Å². The van der Waals surface area contributed by atoms with Crippen LogP contribution < -0.4 is 32.6 Å². The van der Waals surface area contributed by atoms with Crippen molar-refractivity contribution in [3.8, 4) is 5.75 Å². The van der Waals surface area contributed by atoms with Gasteiger partial charge in [0.15, 0.2) is 0 Å². The van der Waals surface area contributed by atoms with E-state index < -0.39 is 11.8 Å². The fraction of sp³-hybridized carbons (Fsp3) is 0.333. The highest BCUT2D eigenvalue weighted by Gasteiger charge is 2.20. The Bertz CT molecular complexity index is 2070. The van der Waals surface area contributed by atoms with Crippen LogP contribution in [-0.2, 0) is 24.4 Å². The lowest BCUT2D eigenvalue weighted by Gasteiger charge is -2.27. The first-order chi connectivity index (χ1) is 23.6. The molecule has 0 atom stereocenters. The molecule has 0 saturated carbocycles. The van der Waals surface area contributed by atoms with Gasteiger partial charge in [-0.05, 0) is 50.2 Å². The van der Waals surface area contributed by atoms with E-state index in [9.17, 15) is 14.4 Å². The number of nitrogens with one attached hydrogen (secondary N) is 2. The van der Waals surface area contributed by atoms with Crippen molar-refractivity contribution in [1.82, 2.24) is 34.2 Å². The Kier molecular flexibility index (Phi) is 9.59. The van der Waals surface area contributed by atoms with Gasteiger partial charge in [-0.15, -0.1) is 0 Å². The smallest absolute Gasteiger partial charge is 0.276 e. The predicted molar refractivity (Wildman–Crippen MR) is 183 cm³/mol. The maximum Gasteiger partial charge on any atom is 0.276 e. The van der Waals surface area contributed by atoms with Crippen LogP contribution in [0.2, 0.25) is 0 Å². The van der Waals surface area contributed by atoms with Gasteiger partial charge in [-0.25, -0.2) is 9.97 Å². The molecule has 2 aromatic carbocycles. The van der Waals surface area contributed by atoms with Crippen molar-refractivity contribution >= 4 is 51.7 Å². The van der Waals surface area contributed by atoms with Crippen molar-refractivity contribution in [3.63, 3.8) is 0 Å². The van der Waals surface area contributed by atoms with Crippen molar-refractivity contribution < 1.29 is 23.9 Å². The van der Waals surface area contributed by atoms with Crippen LogP contribution >= 0.6 is 0 Å². The van der Waals surface area contributed by atoms with E-state index in [2.05, 4.69) is 25.7 Å². The van der Waals surface area contributed by atoms with Crippen LogP contribution in [0.4, 0.5) is 11.9 Å². The molecular formula is C33H39N11O5. The Hall–Kier alpha value is -5.74. The average Bonchev–Trinajstić information content (AvgIpc) is 3.70. The Balaban J connectivity index is 1.24.